The smallest absolute Gasteiger partial charge is 0.314 e. The van der Waals surface area contributed by atoms with Gasteiger partial charge in [-0.05, 0) is 50.2 Å². The summed E-state index contributed by atoms with van der Waals surface area (Å²) in [6.07, 6.45) is 7.63. The Balaban J connectivity index is 1.90. The maximum absolute atomic E-state index is 12.6. The van der Waals surface area contributed by atoms with Gasteiger partial charge in [-0.1, -0.05) is 48.6 Å². The van der Waals surface area contributed by atoms with E-state index in [1.165, 1.54) is 5.57 Å². The van der Waals surface area contributed by atoms with Crippen molar-refractivity contribution >= 4 is 12.0 Å². The van der Waals surface area contributed by atoms with Gasteiger partial charge in [-0.3, -0.25) is 4.79 Å². The monoisotopic (exact) mass is 282 g/mol. The molecule has 1 saturated carbocycles. The van der Waals surface area contributed by atoms with Crippen LogP contribution in [0.3, 0.4) is 0 Å². The van der Waals surface area contributed by atoms with Crippen LogP contribution in [-0.4, -0.2) is 11.6 Å². The van der Waals surface area contributed by atoms with Gasteiger partial charge in [0.05, 0.1) is 5.92 Å². The van der Waals surface area contributed by atoms with Crippen LogP contribution in [0.2, 0.25) is 0 Å². The fourth-order valence-electron chi connectivity index (χ4n) is 3.31. The topological polar surface area (TPSA) is 26.3 Å². The van der Waals surface area contributed by atoms with E-state index >= 15 is 0 Å². The Hall–Kier alpha value is -1.83. The molecule has 0 amide bonds. The highest BCUT2D eigenvalue weighted by atomic mass is 16.6. The number of hydrogen-bond acceptors (Lipinski definition) is 2. The van der Waals surface area contributed by atoms with Crippen LogP contribution in [-0.2, 0) is 9.53 Å². The molecule has 2 aliphatic carbocycles. The van der Waals surface area contributed by atoms with Gasteiger partial charge in [0.2, 0.25) is 0 Å². The molecule has 0 spiro atoms. The van der Waals surface area contributed by atoms with Gasteiger partial charge in [-0.2, -0.15) is 0 Å². The molecule has 0 saturated heterocycles. The van der Waals surface area contributed by atoms with Crippen molar-refractivity contribution in [2.45, 2.75) is 32.8 Å². The Morgan fingerprint density at radius 2 is 1.90 bits per heavy atom. The minimum absolute atomic E-state index is 0.0819. The van der Waals surface area contributed by atoms with Crippen molar-refractivity contribution in [2.75, 3.05) is 0 Å². The van der Waals surface area contributed by atoms with E-state index in [1.54, 1.807) is 0 Å². The zero-order chi connectivity index (χ0) is 15.0. The maximum Gasteiger partial charge on any atom is 0.314 e. The zero-order valence-corrected chi connectivity index (χ0v) is 12.9. The van der Waals surface area contributed by atoms with Crippen LogP contribution < -0.4 is 0 Å². The predicted octanol–water partition coefficient (Wildman–Crippen LogP) is 4.23. The Morgan fingerprint density at radius 3 is 2.57 bits per heavy atom. The molecule has 1 fully saturated rings. The number of carbonyl (C=O) groups excluding carboxylic acids is 1. The minimum Gasteiger partial charge on any atom is -0.459 e. The maximum atomic E-state index is 12.6. The summed E-state index contributed by atoms with van der Waals surface area (Å²) in [6.45, 7) is 5.78. The van der Waals surface area contributed by atoms with Crippen LogP contribution in [0.1, 0.15) is 32.8 Å². The number of ether oxygens (including phenoxy) is 1. The quantitative estimate of drug-likeness (QED) is 0.599. The van der Waals surface area contributed by atoms with Gasteiger partial charge >= 0.3 is 5.97 Å². The van der Waals surface area contributed by atoms with Crippen molar-refractivity contribution in [3.05, 3.63) is 53.6 Å². The summed E-state index contributed by atoms with van der Waals surface area (Å²) in [5.74, 6) is 0.508. The van der Waals surface area contributed by atoms with Crippen LogP contribution in [0.5, 0.6) is 0 Å². The summed E-state index contributed by atoms with van der Waals surface area (Å²) >= 11 is 0. The van der Waals surface area contributed by atoms with E-state index in [-0.39, 0.29) is 11.9 Å². The second-order valence-corrected chi connectivity index (χ2v) is 6.96. The normalized spacial score (nSPS) is 29.1. The number of rotatable bonds is 2. The molecule has 0 N–H and O–H groups in total. The van der Waals surface area contributed by atoms with Crippen LogP contribution in [0.25, 0.3) is 6.08 Å². The van der Waals surface area contributed by atoms with Gasteiger partial charge in [-0.15, -0.1) is 0 Å². The molecule has 110 valence electrons. The lowest BCUT2D eigenvalue weighted by Gasteiger charge is -2.26. The summed E-state index contributed by atoms with van der Waals surface area (Å²) in [5.41, 5.74) is 1.94. The Bertz CT molecular complexity index is 590. The first-order valence-corrected chi connectivity index (χ1v) is 7.62. The van der Waals surface area contributed by atoms with E-state index in [1.807, 2.05) is 39.0 Å². The molecular formula is C19H22O2. The van der Waals surface area contributed by atoms with Crippen LogP contribution >= 0.6 is 0 Å². The molecule has 2 bridgehead atoms. The molecule has 2 heteroatoms. The summed E-state index contributed by atoms with van der Waals surface area (Å²) in [5, 5.41) is 0. The van der Waals surface area contributed by atoms with Crippen molar-refractivity contribution < 1.29 is 9.53 Å². The molecule has 0 unspecified atom stereocenters. The van der Waals surface area contributed by atoms with Crippen molar-refractivity contribution in [3.8, 4) is 0 Å². The molecule has 0 aromatic heterocycles. The van der Waals surface area contributed by atoms with Gasteiger partial charge in [0, 0.05) is 0 Å². The molecule has 1 aromatic rings. The Kier molecular flexibility index (Phi) is 3.48. The fourth-order valence-corrected chi connectivity index (χ4v) is 3.31. The molecule has 0 heterocycles. The first-order chi connectivity index (χ1) is 9.94. The molecule has 21 heavy (non-hydrogen) atoms. The van der Waals surface area contributed by atoms with Crippen molar-refractivity contribution in [1.82, 2.24) is 0 Å². The third kappa shape index (κ3) is 2.94. The molecule has 2 nitrogen and oxygen atoms in total. The van der Waals surface area contributed by atoms with E-state index in [0.717, 1.165) is 12.0 Å². The van der Waals surface area contributed by atoms with E-state index in [9.17, 15) is 4.79 Å². The SMILES string of the molecule is CC(C)(C)OC(=O)[C@@H]1/C(=C/c2ccccc2)[C@H]2C=C[C@H]1C2. The van der Waals surface area contributed by atoms with Gasteiger partial charge < -0.3 is 4.74 Å². The number of hydrogen-bond donors (Lipinski definition) is 0. The third-order valence-corrected chi connectivity index (χ3v) is 4.13. The van der Waals surface area contributed by atoms with Crippen molar-refractivity contribution in [1.29, 1.82) is 0 Å². The lowest BCUT2D eigenvalue weighted by molar-refractivity contribution is -0.159. The number of carbonyl (C=O) groups is 1. The largest absolute Gasteiger partial charge is 0.459 e. The van der Waals surface area contributed by atoms with E-state index < -0.39 is 5.60 Å². The molecule has 1 aromatic carbocycles. The average molecular weight is 282 g/mol. The lowest BCUT2D eigenvalue weighted by atomic mass is 9.87. The second-order valence-electron chi connectivity index (χ2n) is 6.96. The molecular weight excluding hydrogens is 260 g/mol. The summed E-state index contributed by atoms with van der Waals surface area (Å²) in [6, 6.07) is 10.2. The highest BCUT2D eigenvalue weighted by Crippen LogP contribution is 2.49. The number of benzene rings is 1. The summed E-state index contributed by atoms with van der Waals surface area (Å²) < 4.78 is 5.63. The van der Waals surface area contributed by atoms with Crippen LogP contribution in [0.15, 0.2) is 48.1 Å². The Morgan fingerprint density at radius 1 is 1.19 bits per heavy atom. The van der Waals surface area contributed by atoms with Crippen LogP contribution in [0.4, 0.5) is 0 Å². The molecule has 0 radical (unpaired) electrons. The molecule has 3 rings (SSSR count). The molecule has 0 aliphatic heterocycles. The van der Waals surface area contributed by atoms with Crippen molar-refractivity contribution in [2.24, 2.45) is 17.8 Å². The second kappa shape index (κ2) is 5.18. The number of esters is 1. The minimum atomic E-state index is -0.430. The molecule has 2 aliphatic rings. The van der Waals surface area contributed by atoms with Crippen molar-refractivity contribution in [3.63, 3.8) is 0 Å². The van der Waals surface area contributed by atoms with Gasteiger partial charge in [0.1, 0.15) is 5.60 Å². The Labute approximate surface area is 126 Å². The first kappa shape index (κ1) is 14.1. The van der Waals surface area contributed by atoms with Crippen LogP contribution in [0, 0.1) is 17.8 Å². The summed E-state index contributed by atoms with van der Waals surface area (Å²) in [4.78, 5) is 12.6. The van der Waals surface area contributed by atoms with E-state index in [0.29, 0.717) is 11.8 Å². The van der Waals surface area contributed by atoms with Gasteiger partial charge in [0.25, 0.3) is 0 Å². The average Bonchev–Trinajstić information content (AvgIpc) is 2.98. The highest BCUT2D eigenvalue weighted by molar-refractivity contribution is 5.81. The predicted molar refractivity (Wildman–Crippen MR) is 84.5 cm³/mol. The van der Waals surface area contributed by atoms with E-state index in [4.69, 9.17) is 4.74 Å². The lowest BCUT2D eigenvalue weighted by Crippen LogP contribution is -2.31. The van der Waals surface area contributed by atoms with E-state index in [2.05, 4.69) is 30.4 Å². The third-order valence-electron chi connectivity index (χ3n) is 4.13. The standard InChI is InChI=1S/C19H22O2/c1-19(2,3)21-18(20)17-15-10-9-14(12-15)16(17)11-13-7-5-4-6-8-13/h4-11,14-15,17H,12H2,1-3H3/b16-11+/t14-,15-,17-/m0/s1. The summed E-state index contributed by atoms with van der Waals surface area (Å²) in [7, 11) is 0. The van der Waals surface area contributed by atoms with Gasteiger partial charge in [-0.25, -0.2) is 0 Å². The number of allylic oxidation sites excluding steroid dienone is 2. The fraction of sp³-hybridized carbons (Fsp3) is 0.421. The molecule has 3 atom stereocenters. The zero-order valence-electron chi connectivity index (χ0n) is 12.9. The van der Waals surface area contributed by atoms with Gasteiger partial charge in [0.15, 0.2) is 0 Å². The number of fused-ring (bicyclic) bond motifs is 2. The first-order valence-electron chi connectivity index (χ1n) is 7.62. The highest BCUT2D eigenvalue weighted by Gasteiger charge is 2.45.